The molecule has 1 aliphatic carbocycles. The maximum absolute atomic E-state index is 12.1. The van der Waals surface area contributed by atoms with Crippen LogP contribution in [0.3, 0.4) is 0 Å². The van der Waals surface area contributed by atoms with Crippen molar-refractivity contribution in [2.75, 3.05) is 7.05 Å². The molecule has 0 aromatic heterocycles. The van der Waals surface area contributed by atoms with Gasteiger partial charge >= 0.3 is 0 Å². The number of fused-ring (bicyclic) bond motifs is 3. The molecule has 130 valence electrons. The number of piperidine rings is 1. The molecule has 0 unspecified atom stereocenters. The van der Waals surface area contributed by atoms with Crippen LogP contribution in [0.4, 0.5) is 0 Å². The Hall–Kier alpha value is -1.74. The van der Waals surface area contributed by atoms with E-state index in [1.807, 2.05) is 23.7 Å². The number of hydrogen-bond donors (Lipinski definition) is 0. The zero-order valence-electron chi connectivity index (χ0n) is 15.0. The number of rotatable bonds is 3. The van der Waals surface area contributed by atoms with E-state index in [4.69, 9.17) is 0 Å². The minimum absolute atomic E-state index is 0.110. The number of amides is 1. The first-order valence-corrected chi connectivity index (χ1v) is 10.1. The second-order valence-electron chi connectivity index (χ2n) is 7.57. The highest BCUT2D eigenvalue weighted by atomic mass is 32.2. The average molecular weight is 352 g/mol. The molecule has 2 nitrogen and oxygen atoms in total. The van der Waals surface area contributed by atoms with Crippen molar-refractivity contribution in [2.24, 2.45) is 0 Å². The normalized spacial score (nSPS) is 25.4. The van der Waals surface area contributed by atoms with Crippen LogP contribution in [0.2, 0.25) is 0 Å². The summed E-state index contributed by atoms with van der Waals surface area (Å²) in [7, 11) is 1.99. The van der Waals surface area contributed by atoms with Crippen molar-refractivity contribution in [3.63, 3.8) is 0 Å². The van der Waals surface area contributed by atoms with Crippen molar-refractivity contribution in [3.05, 3.63) is 65.2 Å². The van der Waals surface area contributed by atoms with Gasteiger partial charge in [0.15, 0.2) is 0 Å². The van der Waals surface area contributed by atoms with E-state index in [0.29, 0.717) is 18.4 Å². The third-order valence-electron chi connectivity index (χ3n) is 6.08. The van der Waals surface area contributed by atoms with E-state index in [1.165, 1.54) is 21.6 Å². The van der Waals surface area contributed by atoms with E-state index in [1.54, 1.807) is 0 Å². The third kappa shape index (κ3) is 2.99. The number of aryl methyl sites for hydroxylation is 1. The quantitative estimate of drug-likeness (QED) is 0.740. The molecule has 0 radical (unpaired) electrons. The van der Waals surface area contributed by atoms with Gasteiger partial charge in [-0.2, -0.15) is 0 Å². The van der Waals surface area contributed by atoms with Gasteiger partial charge in [-0.1, -0.05) is 43.3 Å². The minimum atomic E-state index is 0.110. The largest absolute Gasteiger partial charge is 0.342 e. The lowest BCUT2D eigenvalue weighted by molar-refractivity contribution is -0.138. The predicted octanol–water partition coefficient (Wildman–Crippen LogP) is 4.80. The topological polar surface area (TPSA) is 20.3 Å². The van der Waals surface area contributed by atoms with Crippen molar-refractivity contribution >= 4 is 17.7 Å². The van der Waals surface area contributed by atoms with Crippen LogP contribution in [0.25, 0.3) is 0 Å². The van der Waals surface area contributed by atoms with Crippen LogP contribution in [-0.4, -0.2) is 23.9 Å². The van der Waals surface area contributed by atoms with Gasteiger partial charge in [-0.05, 0) is 48.1 Å². The molecule has 4 rings (SSSR count). The summed E-state index contributed by atoms with van der Waals surface area (Å²) in [5.74, 6) is 1.32. The summed E-state index contributed by atoms with van der Waals surface area (Å²) in [6.45, 7) is 2.36. The number of likely N-dealkylation sites (N-methyl/N-ethyl adjacent to an activating group) is 1. The second-order valence-corrected chi connectivity index (χ2v) is 8.62. The van der Waals surface area contributed by atoms with Crippen LogP contribution in [0.1, 0.15) is 42.9 Å². The number of carbonyl (C=O) groups excluding carboxylic acids is 1. The van der Waals surface area contributed by atoms with E-state index in [2.05, 4.69) is 55.5 Å². The third-order valence-corrected chi connectivity index (χ3v) is 7.15. The number of likely N-dealkylation sites (tertiary alicyclic amines) is 1. The molecular weight excluding hydrogens is 326 g/mol. The zero-order valence-corrected chi connectivity index (χ0v) is 15.8. The van der Waals surface area contributed by atoms with E-state index in [9.17, 15) is 4.79 Å². The monoisotopic (exact) mass is 351 g/mol. The number of thioether (sulfide) groups is 1. The molecule has 2 aliphatic rings. The van der Waals surface area contributed by atoms with Crippen molar-refractivity contribution in [3.8, 4) is 0 Å². The Morgan fingerprint density at radius 2 is 1.96 bits per heavy atom. The molecule has 2 atom stereocenters. The van der Waals surface area contributed by atoms with Crippen LogP contribution >= 0.6 is 11.8 Å². The molecule has 1 fully saturated rings. The highest BCUT2D eigenvalue weighted by Crippen LogP contribution is 2.46. The molecule has 25 heavy (non-hydrogen) atoms. The summed E-state index contributed by atoms with van der Waals surface area (Å²) < 4.78 is 0. The van der Waals surface area contributed by atoms with Gasteiger partial charge in [0.1, 0.15) is 0 Å². The van der Waals surface area contributed by atoms with E-state index in [0.717, 1.165) is 25.0 Å². The molecule has 1 heterocycles. The fourth-order valence-corrected chi connectivity index (χ4v) is 5.51. The van der Waals surface area contributed by atoms with Gasteiger partial charge < -0.3 is 4.90 Å². The zero-order chi connectivity index (χ0) is 17.4. The smallest absolute Gasteiger partial charge is 0.222 e. The number of hydrogen-bond acceptors (Lipinski definition) is 2. The summed E-state index contributed by atoms with van der Waals surface area (Å²) in [5, 5.41) is 0. The van der Waals surface area contributed by atoms with Gasteiger partial charge in [-0.3, -0.25) is 4.79 Å². The Balaban J connectivity index is 1.57. The van der Waals surface area contributed by atoms with Gasteiger partial charge in [0.25, 0.3) is 0 Å². The van der Waals surface area contributed by atoms with Gasteiger partial charge in [0.2, 0.25) is 5.91 Å². The lowest BCUT2D eigenvalue weighted by atomic mass is 9.63. The Bertz CT molecular complexity index is 788. The molecule has 1 saturated heterocycles. The van der Waals surface area contributed by atoms with E-state index < -0.39 is 0 Å². The Labute approximate surface area is 154 Å². The van der Waals surface area contributed by atoms with Gasteiger partial charge in [0.05, 0.1) is 0 Å². The number of benzene rings is 2. The lowest BCUT2D eigenvalue weighted by Gasteiger charge is -2.50. The molecule has 0 saturated carbocycles. The summed E-state index contributed by atoms with van der Waals surface area (Å²) >= 11 is 1.91. The summed E-state index contributed by atoms with van der Waals surface area (Å²) in [4.78, 5) is 15.5. The van der Waals surface area contributed by atoms with Crippen molar-refractivity contribution in [1.29, 1.82) is 0 Å². The summed E-state index contributed by atoms with van der Waals surface area (Å²) in [5.41, 5.74) is 4.43. The van der Waals surface area contributed by atoms with Gasteiger partial charge in [-0.15, -0.1) is 11.8 Å². The molecule has 2 aromatic carbocycles. The fraction of sp³-hybridized carbons (Fsp3) is 0.409. The van der Waals surface area contributed by atoms with Crippen molar-refractivity contribution in [1.82, 2.24) is 4.90 Å². The Morgan fingerprint density at radius 1 is 1.16 bits per heavy atom. The fourth-order valence-electron chi connectivity index (χ4n) is 4.59. The van der Waals surface area contributed by atoms with Crippen LogP contribution in [-0.2, 0) is 22.4 Å². The second kappa shape index (κ2) is 6.53. The van der Waals surface area contributed by atoms with Gasteiger partial charge in [0, 0.05) is 35.6 Å². The lowest BCUT2D eigenvalue weighted by Crippen LogP contribution is -2.56. The molecule has 0 spiro atoms. The van der Waals surface area contributed by atoms with E-state index >= 15 is 0 Å². The first-order chi connectivity index (χ1) is 12.1. The SMILES string of the molecule is CN1C(=O)CC[C@]2(C)c3ccc(SCc4ccccc4)cc3CC[C@@H]12. The minimum Gasteiger partial charge on any atom is -0.342 e. The molecule has 1 amide bonds. The van der Waals surface area contributed by atoms with Gasteiger partial charge in [-0.25, -0.2) is 0 Å². The molecule has 3 heteroatoms. The summed E-state index contributed by atoms with van der Waals surface area (Å²) in [6.07, 6.45) is 3.81. The number of nitrogens with zero attached hydrogens (tertiary/aromatic N) is 1. The molecule has 0 N–H and O–H groups in total. The average Bonchev–Trinajstić information content (AvgIpc) is 2.64. The Morgan fingerprint density at radius 3 is 2.76 bits per heavy atom. The van der Waals surface area contributed by atoms with Crippen molar-refractivity contribution < 1.29 is 4.79 Å². The first kappa shape index (κ1) is 16.7. The summed E-state index contributed by atoms with van der Waals surface area (Å²) in [6, 6.07) is 18.0. The van der Waals surface area contributed by atoms with Crippen LogP contribution in [0, 0.1) is 0 Å². The highest BCUT2D eigenvalue weighted by Gasteiger charge is 2.46. The molecule has 1 aliphatic heterocycles. The number of carbonyl (C=O) groups is 1. The maximum Gasteiger partial charge on any atom is 0.222 e. The molecule has 0 bridgehead atoms. The first-order valence-electron chi connectivity index (χ1n) is 9.14. The Kier molecular flexibility index (Phi) is 4.36. The predicted molar refractivity (Wildman–Crippen MR) is 104 cm³/mol. The molecular formula is C22H25NOS. The van der Waals surface area contributed by atoms with Crippen LogP contribution < -0.4 is 0 Å². The van der Waals surface area contributed by atoms with Crippen LogP contribution in [0.5, 0.6) is 0 Å². The van der Waals surface area contributed by atoms with E-state index in [-0.39, 0.29) is 5.41 Å². The maximum atomic E-state index is 12.1. The van der Waals surface area contributed by atoms with Crippen LogP contribution in [0.15, 0.2) is 53.4 Å². The standard InChI is InChI=1S/C22H25NOS/c1-22-13-12-21(24)23(2)20(22)11-8-17-14-18(9-10-19(17)22)25-15-16-6-4-3-5-7-16/h3-7,9-10,14,20H,8,11-13,15H2,1-2H3/t20-,22-/m1/s1. The molecule has 2 aromatic rings. The van der Waals surface area contributed by atoms with Crippen molar-refractivity contribution in [2.45, 2.75) is 54.7 Å². The highest BCUT2D eigenvalue weighted by molar-refractivity contribution is 7.98.